The molecular formula is C14H23N3O4. The summed E-state index contributed by atoms with van der Waals surface area (Å²) in [5, 5.41) is 10.1. The highest BCUT2D eigenvalue weighted by atomic mass is 16.6. The highest BCUT2D eigenvalue weighted by molar-refractivity contribution is 5.42. The molecule has 7 nitrogen and oxygen atoms in total. The van der Waals surface area contributed by atoms with Crippen molar-refractivity contribution in [2.24, 2.45) is 0 Å². The molecule has 0 atom stereocenters. The summed E-state index contributed by atoms with van der Waals surface area (Å²) in [6, 6.07) is 0. The summed E-state index contributed by atoms with van der Waals surface area (Å²) in [6.07, 6.45) is 5.63. The molecule has 0 unspecified atom stereocenters. The Bertz CT molecular complexity index is 493. The smallest absolute Gasteiger partial charge is 0.293 e. The third-order valence-electron chi connectivity index (χ3n) is 2.16. The van der Waals surface area contributed by atoms with Crippen molar-refractivity contribution in [3.05, 3.63) is 34.5 Å². The van der Waals surface area contributed by atoms with Crippen molar-refractivity contribution in [2.45, 2.75) is 52.7 Å². The zero-order chi connectivity index (χ0) is 16.7. The number of nitro groups is 1. The monoisotopic (exact) mass is 297 g/mol. The quantitative estimate of drug-likeness (QED) is 0.486. The molecule has 0 saturated carbocycles. The number of carbonyl (C=O) groups is 1. The summed E-state index contributed by atoms with van der Waals surface area (Å²) in [7, 11) is 0. The van der Waals surface area contributed by atoms with Gasteiger partial charge < -0.3 is 9.30 Å². The predicted octanol–water partition coefficient (Wildman–Crippen LogP) is 2.84. The summed E-state index contributed by atoms with van der Waals surface area (Å²) in [5.74, 6) is 0. The summed E-state index contributed by atoms with van der Waals surface area (Å²) < 4.78 is 6.43. The highest BCUT2D eigenvalue weighted by Gasteiger charge is 2.15. The van der Waals surface area contributed by atoms with Crippen molar-refractivity contribution in [3.8, 4) is 0 Å². The zero-order valence-corrected chi connectivity index (χ0v) is 13.4. The number of aromatic nitrogens is 2. The van der Waals surface area contributed by atoms with E-state index in [1.807, 2.05) is 46.1 Å². The molecular weight excluding hydrogens is 274 g/mol. The molecule has 1 rings (SSSR count). The number of ether oxygens (including phenoxy) is 1. The van der Waals surface area contributed by atoms with Gasteiger partial charge in [-0.05, 0) is 41.5 Å². The summed E-state index contributed by atoms with van der Waals surface area (Å²) >= 11 is 0. The van der Waals surface area contributed by atoms with Crippen LogP contribution in [0.1, 0.15) is 47.2 Å². The first-order chi connectivity index (χ1) is 9.47. The molecule has 0 N–H and O–H groups in total. The normalized spacial score (nSPS) is 11.7. The second-order valence-electron chi connectivity index (χ2n) is 6.29. The predicted molar refractivity (Wildman–Crippen MR) is 80.2 cm³/mol. The van der Waals surface area contributed by atoms with Crippen LogP contribution in [-0.2, 0) is 15.1 Å². The summed E-state index contributed by atoms with van der Waals surface area (Å²) in [6.45, 7) is 12.0. The van der Waals surface area contributed by atoms with E-state index in [9.17, 15) is 14.9 Å². The lowest BCUT2D eigenvalue weighted by atomic mass is 10.1. The molecule has 1 aromatic rings. The van der Waals surface area contributed by atoms with Crippen molar-refractivity contribution < 1.29 is 14.5 Å². The van der Waals surface area contributed by atoms with Gasteiger partial charge in [0.25, 0.3) is 6.47 Å². The fourth-order valence-electron chi connectivity index (χ4n) is 1.27. The standard InChI is InChI=1S/C9H13N3O2.C5H10O2/c1-9(2,3)11-7-10-6-8(11)4-5-12(13)14;1-5(2,3)7-4-6/h4-7H,1-3H3;4H,1-3H3. The molecule has 0 spiro atoms. The lowest BCUT2D eigenvalue weighted by Gasteiger charge is -2.22. The van der Waals surface area contributed by atoms with E-state index in [-0.39, 0.29) is 11.1 Å². The topological polar surface area (TPSA) is 87.3 Å². The van der Waals surface area contributed by atoms with Gasteiger partial charge in [-0.3, -0.25) is 14.9 Å². The van der Waals surface area contributed by atoms with Crippen LogP contribution in [0.5, 0.6) is 0 Å². The number of rotatable bonds is 3. The number of hydrogen-bond acceptors (Lipinski definition) is 5. The molecule has 0 fully saturated rings. The molecule has 0 radical (unpaired) electrons. The summed E-state index contributed by atoms with van der Waals surface area (Å²) in [5.41, 5.74) is 0.295. The van der Waals surface area contributed by atoms with Crippen LogP contribution in [0.15, 0.2) is 18.7 Å². The largest absolute Gasteiger partial charge is 0.462 e. The maximum atomic E-state index is 10.1. The van der Waals surface area contributed by atoms with Crippen molar-refractivity contribution in [1.29, 1.82) is 0 Å². The maximum absolute atomic E-state index is 10.1. The van der Waals surface area contributed by atoms with Gasteiger partial charge in [0, 0.05) is 11.6 Å². The Labute approximate surface area is 124 Å². The first-order valence-electron chi connectivity index (χ1n) is 6.43. The van der Waals surface area contributed by atoms with Crippen molar-refractivity contribution in [2.75, 3.05) is 0 Å². The van der Waals surface area contributed by atoms with Crippen LogP contribution in [0.3, 0.4) is 0 Å². The Hall–Kier alpha value is -2.18. The fourth-order valence-corrected chi connectivity index (χ4v) is 1.27. The minimum absolute atomic E-state index is 0.118. The molecule has 1 aromatic heterocycles. The van der Waals surface area contributed by atoms with Gasteiger partial charge in [0.2, 0.25) is 6.20 Å². The van der Waals surface area contributed by atoms with Crippen molar-refractivity contribution >= 4 is 12.5 Å². The second-order valence-corrected chi connectivity index (χ2v) is 6.29. The van der Waals surface area contributed by atoms with Crippen molar-refractivity contribution in [3.63, 3.8) is 0 Å². The molecule has 0 aliphatic rings. The van der Waals surface area contributed by atoms with Gasteiger partial charge in [-0.1, -0.05) is 0 Å². The molecule has 118 valence electrons. The Morgan fingerprint density at radius 2 is 1.86 bits per heavy atom. The molecule has 0 amide bonds. The molecule has 7 heteroatoms. The second kappa shape index (κ2) is 7.56. The molecule has 0 aromatic carbocycles. The van der Waals surface area contributed by atoms with Crippen LogP contribution in [0.2, 0.25) is 0 Å². The molecule has 0 aliphatic heterocycles. The number of hydrogen-bond donors (Lipinski definition) is 0. The van der Waals surface area contributed by atoms with Gasteiger partial charge in [0.1, 0.15) is 5.60 Å². The van der Waals surface area contributed by atoms with E-state index in [0.29, 0.717) is 6.47 Å². The van der Waals surface area contributed by atoms with E-state index < -0.39 is 4.92 Å². The fraction of sp³-hybridized carbons (Fsp3) is 0.571. The van der Waals surface area contributed by atoms with Crippen LogP contribution >= 0.6 is 0 Å². The van der Waals surface area contributed by atoms with Crippen LogP contribution in [0.25, 0.3) is 6.08 Å². The number of imidazole rings is 1. The van der Waals surface area contributed by atoms with Crippen LogP contribution in [0.4, 0.5) is 0 Å². The van der Waals surface area contributed by atoms with E-state index in [1.165, 1.54) is 6.08 Å². The third kappa shape index (κ3) is 8.56. The van der Waals surface area contributed by atoms with Gasteiger partial charge in [-0.2, -0.15) is 0 Å². The summed E-state index contributed by atoms with van der Waals surface area (Å²) in [4.78, 5) is 23.2. The van der Waals surface area contributed by atoms with E-state index in [0.717, 1.165) is 11.9 Å². The Kier molecular flexibility index (Phi) is 6.78. The number of nitrogens with zero attached hydrogens (tertiary/aromatic N) is 3. The van der Waals surface area contributed by atoms with Crippen LogP contribution < -0.4 is 0 Å². The molecule has 1 heterocycles. The van der Waals surface area contributed by atoms with E-state index in [4.69, 9.17) is 0 Å². The van der Waals surface area contributed by atoms with Crippen LogP contribution in [-0.4, -0.2) is 26.5 Å². The Morgan fingerprint density at radius 3 is 2.19 bits per heavy atom. The SMILES string of the molecule is CC(C)(C)OC=O.CC(C)(C)n1cncc1C=C[N+](=O)[O-]. The van der Waals surface area contributed by atoms with Gasteiger partial charge in [0.15, 0.2) is 0 Å². The lowest BCUT2D eigenvalue weighted by molar-refractivity contribution is -0.401. The molecule has 0 aliphatic carbocycles. The maximum Gasteiger partial charge on any atom is 0.293 e. The highest BCUT2D eigenvalue weighted by Crippen LogP contribution is 2.17. The zero-order valence-electron chi connectivity index (χ0n) is 13.4. The molecule has 0 bridgehead atoms. The lowest BCUT2D eigenvalue weighted by Crippen LogP contribution is -2.21. The van der Waals surface area contributed by atoms with E-state index in [2.05, 4.69) is 9.72 Å². The van der Waals surface area contributed by atoms with E-state index in [1.54, 1.807) is 12.5 Å². The van der Waals surface area contributed by atoms with Gasteiger partial charge >= 0.3 is 0 Å². The Balaban J connectivity index is 0.000000486. The molecule has 21 heavy (non-hydrogen) atoms. The Morgan fingerprint density at radius 1 is 1.29 bits per heavy atom. The molecule has 0 saturated heterocycles. The minimum atomic E-state index is -0.486. The van der Waals surface area contributed by atoms with E-state index >= 15 is 0 Å². The first kappa shape index (κ1) is 18.8. The van der Waals surface area contributed by atoms with Gasteiger partial charge in [-0.15, -0.1) is 0 Å². The van der Waals surface area contributed by atoms with Crippen molar-refractivity contribution in [1.82, 2.24) is 9.55 Å². The van der Waals surface area contributed by atoms with Gasteiger partial charge in [-0.25, -0.2) is 4.98 Å². The third-order valence-corrected chi connectivity index (χ3v) is 2.16. The van der Waals surface area contributed by atoms with Gasteiger partial charge in [0.05, 0.1) is 23.1 Å². The average molecular weight is 297 g/mol. The first-order valence-corrected chi connectivity index (χ1v) is 6.43. The number of carbonyl (C=O) groups excluding carboxylic acids is 1. The minimum Gasteiger partial charge on any atom is -0.462 e. The van der Waals surface area contributed by atoms with Crippen LogP contribution in [0, 0.1) is 10.1 Å². The average Bonchev–Trinajstić information content (AvgIpc) is 2.73.